The van der Waals surface area contributed by atoms with Crippen LogP contribution < -0.4 is 9.62 Å². The molecule has 1 unspecified atom stereocenters. The Morgan fingerprint density at radius 3 is 2.26 bits per heavy atom. The van der Waals surface area contributed by atoms with E-state index in [0.29, 0.717) is 27.8 Å². The van der Waals surface area contributed by atoms with Gasteiger partial charge in [-0.2, -0.15) is 0 Å². The summed E-state index contributed by atoms with van der Waals surface area (Å²) in [5.74, 6) is -0.616. The van der Waals surface area contributed by atoms with E-state index in [1.807, 2.05) is 33.8 Å². The molecule has 2 aromatic carbocycles. The third kappa shape index (κ3) is 7.85. The van der Waals surface area contributed by atoms with E-state index in [2.05, 4.69) is 5.32 Å². The molecule has 192 valence electrons. The smallest absolute Gasteiger partial charge is 0.244 e. The largest absolute Gasteiger partial charge is 0.354 e. The third-order valence-electron chi connectivity index (χ3n) is 5.71. The molecule has 10 heteroatoms. The Kier molecular flexibility index (Phi) is 10.0. The summed E-state index contributed by atoms with van der Waals surface area (Å²) in [4.78, 5) is 27.8. The van der Waals surface area contributed by atoms with Gasteiger partial charge in [0.05, 0.1) is 22.0 Å². The number of nitrogens with one attached hydrogen (secondary N) is 1. The van der Waals surface area contributed by atoms with Crippen LogP contribution in [0, 0.1) is 19.8 Å². The van der Waals surface area contributed by atoms with Gasteiger partial charge in [0.1, 0.15) is 12.6 Å². The lowest BCUT2D eigenvalue weighted by molar-refractivity contribution is -0.139. The summed E-state index contributed by atoms with van der Waals surface area (Å²) in [5.41, 5.74) is 2.74. The van der Waals surface area contributed by atoms with Crippen molar-refractivity contribution in [2.45, 2.75) is 47.2 Å². The number of benzene rings is 2. The summed E-state index contributed by atoms with van der Waals surface area (Å²) in [7, 11) is -3.79. The highest BCUT2D eigenvalue weighted by atomic mass is 35.5. The Hall–Kier alpha value is -2.29. The highest BCUT2D eigenvalue weighted by Crippen LogP contribution is 2.26. The molecule has 7 nitrogen and oxygen atoms in total. The van der Waals surface area contributed by atoms with Crippen molar-refractivity contribution in [1.29, 1.82) is 0 Å². The number of rotatable bonds is 10. The first-order valence-electron chi connectivity index (χ1n) is 11.3. The molecule has 0 aromatic heterocycles. The summed E-state index contributed by atoms with van der Waals surface area (Å²) in [6.07, 6.45) is 1.06. The van der Waals surface area contributed by atoms with Crippen LogP contribution in [0.25, 0.3) is 0 Å². The van der Waals surface area contributed by atoms with Crippen molar-refractivity contribution in [2.24, 2.45) is 5.92 Å². The summed E-state index contributed by atoms with van der Waals surface area (Å²) in [5, 5.41) is 3.53. The lowest BCUT2D eigenvalue weighted by atomic mass is 10.1. The molecule has 0 aliphatic heterocycles. The zero-order valence-corrected chi connectivity index (χ0v) is 23.3. The predicted octanol–water partition coefficient (Wildman–Crippen LogP) is 4.57. The molecule has 1 atom stereocenters. The number of halogens is 2. The Morgan fingerprint density at radius 1 is 1.03 bits per heavy atom. The Morgan fingerprint density at radius 2 is 1.69 bits per heavy atom. The number of carbonyl (C=O) groups excluding carboxylic acids is 2. The van der Waals surface area contributed by atoms with Crippen molar-refractivity contribution >= 4 is 50.7 Å². The van der Waals surface area contributed by atoms with E-state index >= 15 is 0 Å². The van der Waals surface area contributed by atoms with Crippen LogP contribution in [0.4, 0.5) is 5.69 Å². The predicted molar refractivity (Wildman–Crippen MR) is 142 cm³/mol. The fraction of sp³-hybridized carbons (Fsp3) is 0.440. The molecular formula is C25H33Cl2N3O4S. The van der Waals surface area contributed by atoms with Crippen molar-refractivity contribution in [3.05, 3.63) is 63.1 Å². The SMILES string of the molecule is Cc1cccc(N(CC(=O)N(Cc2ccc(Cl)c(Cl)c2)C(C)C(=O)NCC(C)C)S(C)(=O)=O)c1C. The van der Waals surface area contributed by atoms with Crippen LogP contribution in [0.1, 0.15) is 37.5 Å². The van der Waals surface area contributed by atoms with Gasteiger partial charge in [-0.3, -0.25) is 13.9 Å². The number of carbonyl (C=O) groups is 2. The van der Waals surface area contributed by atoms with Crippen LogP contribution in [-0.4, -0.2) is 50.5 Å². The van der Waals surface area contributed by atoms with Gasteiger partial charge in [-0.1, -0.05) is 55.2 Å². The second-order valence-electron chi connectivity index (χ2n) is 9.07. The molecule has 0 saturated heterocycles. The first-order chi connectivity index (χ1) is 16.2. The number of aryl methyl sites for hydroxylation is 1. The topological polar surface area (TPSA) is 86.8 Å². The third-order valence-corrected chi connectivity index (χ3v) is 7.58. The van der Waals surface area contributed by atoms with E-state index in [4.69, 9.17) is 23.2 Å². The van der Waals surface area contributed by atoms with E-state index < -0.39 is 28.5 Å². The van der Waals surface area contributed by atoms with E-state index in [0.717, 1.165) is 21.7 Å². The summed E-state index contributed by atoms with van der Waals surface area (Å²) >= 11 is 12.2. The van der Waals surface area contributed by atoms with E-state index in [1.165, 1.54) is 4.90 Å². The highest BCUT2D eigenvalue weighted by Gasteiger charge is 2.30. The Bertz CT molecular complexity index is 1190. The van der Waals surface area contributed by atoms with Crippen LogP contribution in [0.5, 0.6) is 0 Å². The maximum Gasteiger partial charge on any atom is 0.244 e. The lowest BCUT2D eigenvalue weighted by Crippen LogP contribution is -2.51. The second-order valence-corrected chi connectivity index (χ2v) is 11.8. The average molecular weight is 543 g/mol. The van der Waals surface area contributed by atoms with Crippen LogP contribution >= 0.6 is 23.2 Å². The van der Waals surface area contributed by atoms with Gasteiger partial charge >= 0.3 is 0 Å². The quantitative estimate of drug-likeness (QED) is 0.477. The zero-order chi connectivity index (χ0) is 26.5. The van der Waals surface area contributed by atoms with Gasteiger partial charge in [0.2, 0.25) is 21.8 Å². The van der Waals surface area contributed by atoms with Gasteiger partial charge in [0, 0.05) is 13.1 Å². The number of sulfonamides is 1. The number of nitrogens with zero attached hydrogens (tertiary/aromatic N) is 2. The molecule has 35 heavy (non-hydrogen) atoms. The average Bonchev–Trinajstić information content (AvgIpc) is 2.77. The van der Waals surface area contributed by atoms with Gasteiger partial charge in [-0.05, 0) is 61.6 Å². The zero-order valence-electron chi connectivity index (χ0n) is 20.9. The molecule has 2 rings (SSSR count). The van der Waals surface area contributed by atoms with Gasteiger partial charge in [0.15, 0.2) is 0 Å². The van der Waals surface area contributed by atoms with Gasteiger partial charge in [-0.25, -0.2) is 8.42 Å². The standard InChI is InChI=1S/C25H33Cl2N3O4S/c1-16(2)13-28-25(32)19(5)29(14-20-10-11-21(26)22(27)12-20)24(31)15-30(35(6,33)34)23-9-7-8-17(3)18(23)4/h7-12,16,19H,13-15H2,1-6H3,(H,28,32). The van der Waals surface area contributed by atoms with Crippen LogP contribution in [0.3, 0.4) is 0 Å². The summed E-state index contributed by atoms with van der Waals surface area (Å²) < 4.78 is 26.5. The molecule has 0 bridgehead atoms. The molecule has 0 spiro atoms. The molecule has 2 amide bonds. The molecule has 0 aliphatic rings. The lowest BCUT2D eigenvalue weighted by Gasteiger charge is -2.32. The fourth-order valence-corrected chi connectivity index (χ4v) is 4.69. The number of amides is 2. The molecule has 1 N–H and O–H groups in total. The van der Waals surface area contributed by atoms with Crippen LogP contribution in [0.2, 0.25) is 10.0 Å². The first-order valence-corrected chi connectivity index (χ1v) is 13.9. The van der Waals surface area contributed by atoms with Crippen molar-refractivity contribution < 1.29 is 18.0 Å². The van der Waals surface area contributed by atoms with E-state index in [-0.39, 0.29) is 18.4 Å². The number of anilines is 1. The molecule has 0 aliphatic carbocycles. The molecule has 0 radical (unpaired) electrons. The van der Waals surface area contributed by atoms with Crippen molar-refractivity contribution in [1.82, 2.24) is 10.2 Å². The number of hydrogen-bond donors (Lipinski definition) is 1. The molecule has 0 heterocycles. The van der Waals surface area contributed by atoms with Gasteiger partial charge < -0.3 is 10.2 Å². The van der Waals surface area contributed by atoms with Crippen LogP contribution in [0.15, 0.2) is 36.4 Å². The van der Waals surface area contributed by atoms with Crippen molar-refractivity contribution in [2.75, 3.05) is 23.7 Å². The maximum absolute atomic E-state index is 13.6. The Labute approximate surface area is 218 Å². The minimum atomic E-state index is -3.79. The molecule has 0 fully saturated rings. The van der Waals surface area contributed by atoms with Crippen molar-refractivity contribution in [3.63, 3.8) is 0 Å². The fourth-order valence-electron chi connectivity index (χ4n) is 3.47. The van der Waals surface area contributed by atoms with Crippen molar-refractivity contribution in [3.8, 4) is 0 Å². The van der Waals surface area contributed by atoms with Crippen LogP contribution in [-0.2, 0) is 26.2 Å². The molecule has 2 aromatic rings. The molecular weight excluding hydrogens is 509 g/mol. The number of hydrogen-bond acceptors (Lipinski definition) is 4. The Balaban J connectivity index is 2.43. The van der Waals surface area contributed by atoms with Gasteiger partial charge in [0.25, 0.3) is 0 Å². The minimum absolute atomic E-state index is 0.0520. The van der Waals surface area contributed by atoms with E-state index in [9.17, 15) is 18.0 Å². The minimum Gasteiger partial charge on any atom is -0.354 e. The van der Waals surface area contributed by atoms with E-state index in [1.54, 1.807) is 37.3 Å². The van der Waals surface area contributed by atoms with Gasteiger partial charge in [-0.15, -0.1) is 0 Å². The summed E-state index contributed by atoms with van der Waals surface area (Å²) in [6, 6.07) is 9.39. The first kappa shape index (κ1) is 28.9. The monoisotopic (exact) mass is 541 g/mol. The normalized spacial score (nSPS) is 12.4. The maximum atomic E-state index is 13.6. The molecule has 0 saturated carbocycles. The highest BCUT2D eigenvalue weighted by molar-refractivity contribution is 7.92. The second kappa shape index (κ2) is 12.1. The summed E-state index contributed by atoms with van der Waals surface area (Å²) in [6.45, 7) is 9.30.